The zero-order chi connectivity index (χ0) is 8.97. The SMILES string of the molecule is COc1ccccc1C(C)OO. The van der Waals surface area contributed by atoms with Gasteiger partial charge in [0.2, 0.25) is 0 Å². The molecular formula is C9H12O3. The van der Waals surface area contributed by atoms with Crippen LogP contribution in [-0.4, -0.2) is 12.4 Å². The summed E-state index contributed by atoms with van der Waals surface area (Å²) >= 11 is 0. The largest absolute Gasteiger partial charge is 0.496 e. The number of ether oxygens (including phenoxy) is 1. The Bertz CT molecular complexity index is 247. The summed E-state index contributed by atoms with van der Waals surface area (Å²) in [5.74, 6) is 0.721. The van der Waals surface area contributed by atoms with Gasteiger partial charge in [-0.15, -0.1) is 0 Å². The average molecular weight is 168 g/mol. The minimum atomic E-state index is -0.360. The maximum atomic E-state index is 8.45. The van der Waals surface area contributed by atoms with Crippen molar-refractivity contribution in [3.63, 3.8) is 0 Å². The van der Waals surface area contributed by atoms with Crippen molar-refractivity contribution in [1.82, 2.24) is 0 Å². The Morgan fingerprint density at radius 1 is 1.33 bits per heavy atom. The molecule has 0 radical (unpaired) electrons. The lowest BCUT2D eigenvalue weighted by atomic mass is 10.1. The molecule has 0 saturated carbocycles. The van der Waals surface area contributed by atoms with Gasteiger partial charge in [0.1, 0.15) is 11.9 Å². The molecule has 1 unspecified atom stereocenters. The van der Waals surface area contributed by atoms with E-state index in [-0.39, 0.29) is 6.10 Å². The fourth-order valence-corrected chi connectivity index (χ4v) is 1.06. The molecule has 0 aliphatic heterocycles. The van der Waals surface area contributed by atoms with E-state index < -0.39 is 0 Å². The van der Waals surface area contributed by atoms with Crippen LogP contribution >= 0.6 is 0 Å². The molecule has 0 saturated heterocycles. The van der Waals surface area contributed by atoms with Crippen LogP contribution in [0.2, 0.25) is 0 Å². The smallest absolute Gasteiger partial charge is 0.124 e. The molecule has 0 bridgehead atoms. The minimum absolute atomic E-state index is 0.360. The van der Waals surface area contributed by atoms with Crippen molar-refractivity contribution >= 4 is 0 Å². The number of para-hydroxylation sites is 1. The summed E-state index contributed by atoms with van der Waals surface area (Å²) in [6, 6.07) is 7.41. The van der Waals surface area contributed by atoms with E-state index in [9.17, 15) is 0 Å². The van der Waals surface area contributed by atoms with Gasteiger partial charge in [-0.2, -0.15) is 0 Å². The molecule has 12 heavy (non-hydrogen) atoms. The van der Waals surface area contributed by atoms with Crippen LogP contribution in [0.1, 0.15) is 18.6 Å². The monoisotopic (exact) mass is 168 g/mol. The first-order valence-electron chi connectivity index (χ1n) is 3.72. The molecule has 0 fully saturated rings. The van der Waals surface area contributed by atoms with E-state index in [2.05, 4.69) is 4.89 Å². The third kappa shape index (κ3) is 1.75. The van der Waals surface area contributed by atoms with Gasteiger partial charge in [0.15, 0.2) is 0 Å². The molecule has 1 N–H and O–H groups in total. The van der Waals surface area contributed by atoms with E-state index in [1.54, 1.807) is 14.0 Å². The lowest BCUT2D eigenvalue weighted by molar-refractivity contribution is -0.277. The van der Waals surface area contributed by atoms with Crippen molar-refractivity contribution in [3.05, 3.63) is 29.8 Å². The lowest BCUT2D eigenvalue weighted by Gasteiger charge is -2.11. The number of hydrogen-bond acceptors (Lipinski definition) is 3. The number of methoxy groups -OCH3 is 1. The predicted molar refractivity (Wildman–Crippen MR) is 45.1 cm³/mol. The standard InChI is InChI=1S/C9H12O3/c1-7(12-10)8-5-3-4-6-9(8)11-2/h3-7,10H,1-2H3. The zero-order valence-corrected chi connectivity index (χ0v) is 7.15. The van der Waals surface area contributed by atoms with Crippen molar-refractivity contribution < 1.29 is 14.9 Å². The molecule has 1 aromatic carbocycles. The Hall–Kier alpha value is -1.06. The van der Waals surface area contributed by atoms with Crippen LogP contribution in [0.5, 0.6) is 5.75 Å². The van der Waals surface area contributed by atoms with Crippen LogP contribution in [0.15, 0.2) is 24.3 Å². The third-order valence-electron chi connectivity index (χ3n) is 1.74. The Labute approximate surface area is 71.5 Å². The van der Waals surface area contributed by atoms with Gasteiger partial charge in [0.05, 0.1) is 7.11 Å². The fraction of sp³-hybridized carbons (Fsp3) is 0.333. The van der Waals surface area contributed by atoms with Gasteiger partial charge in [-0.3, -0.25) is 5.26 Å². The van der Waals surface area contributed by atoms with E-state index in [1.807, 2.05) is 24.3 Å². The van der Waals surface area contributed by atoms with E-state index >= 15 is 0 Å². The Morgan fingerprint density at radius 2 is 2.00 bits per heavy atom. The van der Waals surface area contributed by atoms with E-state index in [1.165, 1.54) is 0 Å². The molecule has 0 heterocycles. The van der Waals surface area contributed by atoms with Gasteiger partial charge in [-0.1, -0.05) is 18.2 Å². The average Bonchev–Trinajstić information content (AvgIpc) is 2.16. The molecule has 0 aliphatic rings. The first-order chi connectivity index (χ1) is 5.79. The molecule has 3 heteroatoms. The third-order valence-corrected chi connectivity index (χ3v) is 1.74. The first-order valence-corrected chi connectivity index (χ1v) is 3.72. The summed E-state index contributed by atoms with van der Waals surface area (Å²) in [6.07, 6.45) is -0.360. The van der Waals surface area contributed by atoms with Gasteiger partial charge < -0.3 is 4.74 Å². The Kier molecular flexibility index (Phi) is 3.08. The van der Waals surface area contributed by atoms with Crippen molar-refractivity contribution in [2.45, 2.75) is 13.0 Å². The van der Waals surface area contributed by atoms with Crippen molar-refractivity contribution in [1.29, 1.82) is 0 Å². The van der Waals surface area contributed by atoms with E-state index in [4.69, 9.17) is 9.99 Å². The maximum absolute atomic E-state index is 8.45. The zero-order valence-electron chi connectivity index (χ0n) is 7.15. The predicted octanol–water partition coefficient (Wildman–Crippen LogP) is 2.25. The number of rotatable bonds is 3. The highest BCUT2D eigenvalue weighted by molar-refractivity contribution is 5.34. The van der Waals surface area contributed by atoms with E-state index in [0.29, 0.717) is 0 Å². The summed E-state index contributed by atoms with van der Waals surface area (Å²) < 4.78 is 5.08. The Balaban J connectivity index is 2.96. The number of hydrogen-bond donors (Lipinski definition) is 1. The van der Waals surface area contributed by atoms with Crippen LogP contribution < -0.4 is 4.74 Å². The van der Waals surface area contributed by atoms with Crippen molar-refractivity contribution in [3.8, 4) is 5.75 Å². The molecule has 0 aromatic heterocycles. The lowest BCUT2D eigenvalue weighted by Crippen LogP contribution is -1.99. The van der Waals surface area contributed by atoms with Crippen molar-refractivity contribution in [2.24, 2.45) is 0 Å². The summed E-state index contributed by atoms with van der Waals surface area (Å²) in [5.41, 5.74) is 0.836. The van der Waals surface area contributed by atoms with E-state index in [0.717, 1.165) is 11.3 Å². The van der Waals surface area contributed by atoms with Crippen LogP contribution in [0.25, 0.3) is 0 Å². The minimum Gasteiger partial charge on any atom is -0.496 e. The van der Waals surface area contributed by atoms with Crippen LogP contribution in [0, 0.1) is 0 Å². The Morgan fingerprint density at radius 3 is 2.58 bits per heavy atom. The highest BCUT2D eigenvalue weighted by atomic mass is 17.1. The summed E-state index contributed by atoms with van der Waals surface area (Å²) in [5, 5.41) is 8.45. The second-order valence-electron chi connectivity index (χ2n) is 2.49. The maximum Gasteiger partial charge on any atom is 0.124 e. The topological polar surface area (TPSA) is 38.7 Å². The van der Waals surface area contributed by atoms with Crippen LogP contribution in [0.3, 0.4) is 0 Å². The first kappa shape index (κ1) is 9.03. The normalized spacial score (nSPS) is 12.6. The molecular weight excluding hydrogens is 156 g/mol. The number of benzene rings is 1. The molecule has 0 spiro atoms. The van der Waals surface area contributed by atoms with Gasteiger partial charge in [0, 0.05) is 5.56 Å². The van der Waals surface area contributed by atoms with Crippen LogP contribution in [0.4, 0.5) is 0 Å². The second-order valence-corrected chi connectivity index (χ2v) is 2.49. The highest BCUT2D eigenvalue weighted by Crippen LogP contribution is 2.25. The molecule has 0 amide bonds. The summed E-state index contributed by atoms with van der Waals surface area (Å²) in [7, 11) is 1.59. The quantitative estimate of drug-likeness (QED) is 0.555. The fourth-order valence-electron chi connectivity index (χ4n) is 1.06. The molecule has 3 nitrogen and oxygen atoms in total. The van der Waals surface area contributed by atoms with Gasteiger partial charge in [0.25, 0.3) is 0 Å². The highest BCUT2D eigenvalue weighted by Gasteiger charge is 2.09. The van der Waals surface area contributed by atoms with Crippen LogP contribution in [-0.2, 0) is 4.89 Å². The van der Waals surface area contributed by atoms with Gasteiger partial charge >= 0.3 is 0 Å². The second kappa shape index (κ2) is 4.09. The molecule has 1 rings (SSSR count). The van der Waals surface area contributed by atoms with Gasteiger partial charge in [-0.05, 0) is 13.0 Å². The molecule has 66 valence electrons. The van der Waals surface area contributed by atoms with Gasteiger partial charge in [-0.25, -0.2) is 4.89 Å². The molecule has 0 aliphatic carbocycles. The molecule has 1 atom stereocenters. The van der Waals surface area contributed by atoms with Crippen molar-refractivity contribution in [2.75, 3.05) is 7.11 Å². The molecule has 1 aromatic rings. The summed E-state index contributed by atoms with van der Waals surface area (Å²) in [4.78, 5) is 4.20. The summed E-state index contributed by atoms with van der Waals surface area (Å²) in [6.45, 7) is 1.75.